The summed E-state index contributed by atoms with van der Waals surface area (Å²) in [5.41, 5.74) is -5.51. The number of rotatable bonds is 5. The summed E-state index contributed by atoms with van der Waals surface area (Å²) in [6.07, 6.45) is 0.584. The van der Waals surface area contributed by atoms with E-state index in [1.807, 2.05) is 6.92 Å². The first kappa shape index (κ1) is 17.9. The third-order valence-corrected chi connectivity index (χ3v) is 5.02. The van der Waals surface area contributed by atoms with E-state index < -0.39 is 32.0 Å². The molecule has 0 spiro atoms. The molecule has 1 rings (SSSR count). The van der Waals surface area contributed by atoms with Crippen LogP contribution in [-0.4, -0.2) is 27.0 Å². The number of halogens is 4. The topological polar surface area (TPSA) is 46.2 Å². The molecule has 0 amide bonds. The Bertz CT molecular complexity index is 595. The molecule has 0 aromatic heterocycles. The van der Waals surface area contributed by atoms with Gasteiger partial charge in [0.1, 0.15) is 5.82 Å². The lowest BCUT2D eigenvalue weighted by Gasteiger charge is -2.25. The van der Waals surface area contributed by atoms with Crippen molar-refractivity contribution in [2.24, 2.45) is 0 Å². The smallest absolute Gasteiger partial charge is 0.316 e. The van der Waals surface area contributed by atoms with Crippen LogP contribution in [0.25, 0.3) is 0 Å². The summed E-state index contributed by atoms with van der Waals surface area (Å²) < 4.78 is 74.7. The van der Waals surface area contributed by atoms with Gasteiger partial charge in [-0.3, -0.25) is 0 Å². The summed E-state index contributed by atoms with van der Waals surface area (Å²) in [6, 6.07) is 2.26. The van der Waals surface area contributed by atoms with E-state index in [0.717, 1.165) is 12.1 Å². The fourth-order valence-electron chi connectivity index (χ4n) is 2.27. The Morgan fingerprint density at radius 1 is 1.29 bits per heavy atom. The van der Waals surface area contributed by atoms with Crippen LogP contribution in [0.4, 0.5) is 17.6 Å². The minimum atomic E-state index is -5.59. The lowest BCUT2D eigenvalue weighted by atomic mass is 9.92. The zero-order valence-corrected chi connectivity index (χ0v) is 12.6. The summed E-state index contributed by atoms with van der Waals surface area (Å²) in [6.45, 7) is 3.42. The Kier molecular flexibility index (Phi) is 5.38. The minimum Gasteiger partial charge on any atom is -0.316 e. The first-order chi connectivity index (χ1) is 9.56. The van der Waals surface area contributed by atoms with Crippen molar-refractivity contribution in [3.05, 3.63) is 29.6 Å². The highest BCUT2D eigenvalue weighted by Crippen LogP contribution is 2.36. The number of nitrogens with one attached hydrogen (secondary N) is 1. The summed E-state index contributed by atoms with van der Waals surface area (Å²) >= 11 is 0. The molecule has 120 valence electrons. The van der Waals surface area contributed by atoms with Crippen LogP contribution in [-0.2, 0) is 9.84 Å². The fourth-order valence-corrected chi connectivity index (χ4v) is 3.35. The average Bonchev–Trinajstić information content (AvgIpc) is 2.38. The minimum absolute atomic E-state index is 0.0464. The Labute approximate surface area is 121 Å². The van der Waals surface area contributed by atoms with E-state index in [1.165, 1.54) is 0 Å². The van der Waals surface area contributed by atoms with E-state index in [-0.39, 0.29) is 11.6 Å². The van der Waals surface area contributed by atoms with Crippen LogP contribution in [0.1, 0.15) is 31.7 Å². The normalized spacial score (nSPS) is 15.8. The lowest BCUT2D eigenvalue weighted by molar-refractivity contribution is -0.0436. The number of hydrogen-bond acceptors (Lipinski definition) is 3. The van der Waals surface area contributed by atoms with Crippen molar-refractivity contribution in [2.75, 3.05) is 7.05 Å². The molecule has 21 heavy (non-hydrogen) atoms. The van der Waals surface area contributed by atoms with Gasteiger partial charge in [0, 0.05) is 6.04 Å². The van der Waals surface area contributed by atoms with Crippen LogP contribution in [0.5, 0.6) is 0 Å². The second-order valence-corrected chi connectivity index (χ2v) is 6.63. The molecule has 0 bridgehead atoms. The number of sulfone groups is 1. The van der Waals surface area contributed by atoms with Gasteiger partial charge >= 0.3 is 5.51 Å². The average molecular weight is 327 g/mol. The summed E-state index contributed by atoms with van der Waals surface area (Å²) in [5.74, 6) is -1.54. The van der Waals surface area contributed by atoms with Crippen LogP contribution in [0.15, 0.2) is 23.1 Å². The quantitative estimate of drug-likeness (QED) is 0.845. The van der Waals surface area contributed by atoms with Gasteiger partial charge in [0.2, 0.25) is 0 Å². The maximum Gasteiger partial charge on any atom is 0.501 e. The monoisotopic (exact) mass is 327 g/mol. The molecule has 2 atom stereocenters. The summed E-state index contributed by atoms with van der Waals surface area (Å²) in [4.78, 5) is -1.02. The zero-order chi connectivity index (χ0) is 16.4. The molecule has 8 heteroatoms. The Balaban J connectivity index is 3.50. The standard InChI is InChI=1S/C13H17F4NO2S/c1-4-11(18-3)8(2)10-6-5-9(14)7-12(10)21(19,20)13(15,16)17/h5-8,11,18H,4H2,1-3H3. The van der Waals surface area contributed by atoms with Crippen LogP contribution in [0.2, 0.25) is 0 Å². The van der Waals surface area contributed by atoms with E-state index in [9.17, 15) is 26.0 Å². The van der Waals surface area contributed by atoms with Crippen molar-refractivity contribution in [1.82, 2.24) is 5.32 Å². The molecule has 1 N–H and O–H groups in total. The van der Waals surface area contributed by atoms with Crippen molar-refractivity contribution >= 4 is 9.84 Å². The van der Waals surface area contributed by atoms with E-state index in [2.05, 4.69) is 5.32 Å². The molecule has 0 radical (unpaired) electrons. The van der Waals surface area contributed by atoms with Crippen molar-refractivity contribution in [3.63, 3.8) is 0 Å². The maximum atomic E-state index is 13.2. The molecule has 2 unspecified atom stereocenters. The largest absolute Gasteiger partial charge is 0.501 e. The van der Waals surface area contributed by atoms with E-state index in [4.69, 9.17) is 0 Å². The SMILES string of the molecule is CCC(NC)C(C)c1ccc(F)cc1S(=O)(=O)C(F)(F)F. The Morgan fingerprint density at radius 2 is 1.86 bits per heavy atom. The van der Waals surface area contributed by atoms with E-state index >= 15 is 0 Å². The lowest BCUT2D eigenvalue weighted by Crippen LogP contribution is -2.32. The van der Waals surface area contributed by atoms with E-state index in [0.29, 0.717) is 12.5 Å². The van der Waals surface area contributed by atoms with Crippen molar-refractivity contribution in [3.8, 4) is 0 Å². The molecule has 1 aromatic rings. The van der Waals surface area contributed by atoms with Crippen LogP contribution >= 0.6 is 0 Å². The highest BCUT2D eigenvalue weighted by atomic mass is 32.2. The van der Waals surface area contributed by atoms with Crippen LogP contribution < -0.4 is 5.32 Å². The van der Waals surface area contributed by atoms with Crippen LogP contribution in [0, 0.1) is 5.82 Å². The molecular formula is C13H17F4NO2S. The summed E-state index contributed by atoms with van der Waals surface area (Å²) in [7, 11) is -3.96. The molecule has 0 aliphatic heterocycles. The van der Waals surface area contributed by atoms with Gasteiger partial charge in [-0.25, -0.2) is 12.8 Å². The second-order valence-electron chi connectivity index (χ2n) is 4.72. The van der Waals surface area contributed by atoms with Gasteiger partial charge in [-0.1, -0.05) is 19.9 Å². The first-order valence-electron chi connectivity index (χ1n) is 6.34. The summed E-state index contributed by atoms with van der Waals surface area (Å²) in [5, 5.41) is 2.91. The first-order valence-corrected chi connectivity index (χ1v) is 7.82. The van der Waals surface area contributed by atoms with E-state index in [1.54, 1.807) is 14.0 Å². The fraction of sp³-hybridized carbons (Fsp3) is 0.538. The highest BCUT2D eigenvalue weighted by Gasteiger charge is 2.48. The molecule has 0 saturated heterocycles. The molecule has 0 aliphatic carbocycles. The highest BCUT2D eigenvalue weighted by molar-refractivity contribution is 7.92. The molecule has 3 nitrogen and oxygen atoms in total. The van der Waals surface area contributed by atoms with Crippen molar-refractivity contribution in [2.45, 2.75) is 42.6 Å². The van der Waals surface area contributed by atoms with Gasteiger partial charge in [0.15, 0.2) is 0 Å². The van der Waals surface area contributed by atoms with Crippen molar-refractivity contribution in [1.29, 1.82) is 0 Å². The number of hydrogen-bond donors (Lipinski definition) is 1. The molecule has 0 heterocycles. The number of alkyl halides is 3. The molecule has 0 aliphatic rings. The van der Waals surface area contributed by atoms with Gasteiger partial charge in [0.05, 0.1) is 4.90 Å². The Morgan fingerprint density at radius 3 is 2.29 bits per heavy atom. The molecule has 1 aromatic carbocycles. The predicted octanol–water partition coefficient (Wildman–Crippen LogP) is 3.22. The maximum absolute atomic E-state index is 13.2. The van der Waals surface area contributed by atoms with Crippen molar-refractivity contribution < 1.29 is 26.0 Å². The predicted molar refractivity (Wildman–Crippen MR) is 71.2 cm³/mol. The van der Waals surface area contributed by atoms with Gasteiger partial charge < -0.3 is 5.32 Å². The Hall–Kier alpha value is -1.15. The third-order valence-electron chi connectivity index (χ3n) is 3.47. The zero-order valence-electron chi connectivity index (χ0n) is 11.8. The van der Waals surface area contributed by atoms with Gasteiger partial charge in [0.25, 0.3) is 9.84 Å². The van der Waals surface area contributed by atoms with Gasteiger partial charge in [-0.15, -0.1) is 0 Å². The second kappa shape index (κ2) is 6.31. The number of likely N-dealkylation sites (N-methyl/N-ethyl adjacent to an activating group) is 1. The third kappa shape index (κ3) is 3.55. The molecule has 0 fully saturated rings. The van der Waals surface area contributed by atoms with Gasteiger partial charge in [-0.2, -0.15) is 13.2 Å². The van der Waals surface area contributed by atoms with Crippen LogP contribution in [0.3, 0.4) is 0 Å². The van der Waals surface area contributed by atoms with Gasteiger partial charge in [-0.05, 0) is 37.1 Å². The number of benzene rings is 1. The molecule has 0 saturated carbocycles. The molecular weight excluding hydrogens is 310 g/mol.